The van der Waals surface area contributed by atoms with Crippen molar-refractivity contribution < 1.29 is 27.4 Å². The van der Waals surface area contributed by atoms with E-state index in [9.17, 15) is 8.42 Å². The number of sulfonamides is 1. The van der Waals surface area contributed by atoms with Gasteiger partial charge in [0, 0.05) is 29.9 Å². The second kappa shape index (κ2) is 12.9. The molecule has 0 bridgehead atoms. The molecular weight excluding hydrogens is 534 g/mol. The monoisotopic (exact) mass is 567 g/mol. The summed E-state index contributed by atoms with van der Waals surface area (Å²) in [4.78, 5) is 0.208. The van der Waals surface area contributed by atoms with Crippen molar-refractivity contribution in [2.75, 3.05) is 37.3 Å². The second-order valence-electron chi connectivity index (χ2n) is 8.10. The van der Waals surface area contributed by atoms with E-state index in [1.165, 1.54) is 4.31 Å². The van der Waals surface area contributed by atoms with E-state index in [1.807, 2.05) is 45.9 Å². The molecule has 0 fully saturated rings. The zero-order chi connectivity index (χ0) is 25.4. The van der Waals surface area contributed by atoms with E-state index < -0.39 is 22.2 Å². The predicted octanol–water partition coefficient (Wildman–Crippen LogP) is 5.08. The van der Waals surface area contributed by atoms with E-state index >= 15 is 0 Å². The van der Waals surface area contributed by atoms with E-state index in [1.54, 1.807) is 36.6 Å². The normalized spacial score (nSPS) is 20.3. The van der Waals surface area contributed by atoms with Crippen LogP contribution in [0.5, 0.6) is 0 Å². The molecule has 1 aliphatic rings. The molecule has 192 valence electrons. The molecule has 3 atom stereocenters. The smallest absolute Gasteiger partial charge is 0.264 e. The standard InChI is InChI=1S/C26H34BrNO6S/c1-5-31-18-24-26(33-7-3)25(32-6-2)20(17-34-24)16-28(23-11-9-8-10-22(23)27)35(29,30)21-14-12-19(4)13-15-21/h8-15,17,24-26H,5-7,16,18H2,1-4H3/t24-,25-,26-/m1/s1. The second-order valence-corrected chi connectivity index (χ2v) is 10.8. The molecule has 0 aromatic heterocycles. The lowest BCUT2D eigenvalue weighted by molar-refractivity contribution is -0.138. The van der Waals surface area contributed by atoms with Crippen LogP contribution in [0.1, 0.15) is 26.3 Å². The molecule has 0 spiro atoms. The van der Waals surface area contributed by atoms with E-state index in [2.05, 4.69) is 15.9 Å². The molecule has 3 rings (SSSR count). The van der Waals surface area contributed by atoms with Crippen LogP contribution in [0.15, 0.2) is 69.7 Å². The largest absolute Gasteiger partial charge is 0.493 e. The van der Waals surface area contributed by atoms with Gasteiger partial charge in [0.2, 0.25) is 0 Å². The maximum Gasteiger partial charge on any atom is 0.264 e. The maximum absolute atomic E-state index is 13.9. The van der Waals surface area contributed by atoms with Crippen LogP contribution in [0.3, 0.4) is 0 Å². The number of anilines is 1. The third-order valence-corrected chi connectivity index (χ3v) is 8.12. The Morgan fingerprint density at radius 1 is 0.971 bits per heavy atom. The minimum atomic E-state index is -3.90. The Labute approximate surface area is 217 Å². The van der Waals surface area contributed by atoms with Gasteiger partial charge < -0.3 is 18.9 Å². The molecule has 1 aliphatic heterocycles. The van der Waals surface area contributed by atoms with E-state index in [0.29, 0.717) is 42.2 Å². The Kier molecular flexibility index (Phi) is 10.2. The van der Waals surface area contributed by atoms with E-state index in [-0.39, 0.29) is 17.5 Å². The highest BCUT2D eigenvalue weighted by atomic mass is 79.9. The van der Waals surface area contributed by atoms with Gasteiger partial charge in [-0.05, 0) is 67.9 Å². The van der Waals surface area contributed by atoms with Crippen LogP contribution >= 0.6 is 15.9 Å². The number of para-hydroxylation sites is 1. The topological polar surface area (TPSA) is 74.3 Å². The molecule has 0 N–H and O–H groups in total. The number of hydrogen-bond acceptors (Lipinski definition) is 6. The summed E-state index contributed by atoms with van der Waals surface area (Å²) in [6, 6.07) is 14.1. The molecule has 0 amide bonds. The first-order valence-corrected chi connectivity index (χ1v) is 14.1. The minimum Gasteiger partial charge on any atom is -0.493 e. The van der Waals surface area contributed by atoms with Crippen molar-refractivity contribution >= 4 is 31.6 Å². The number of nitrogens with zero attached hydrogens (tertiary/aromatic N) is 1. The first-order chi connectivity index (χ1) is 16.8. The quantitative estimate of drug-likeness (QED) is 0.356. The van der Waals surface area contributed by atoms with Gasteiger partial charge in [-0.1, -0.05) is 29.8 Å². The Morgan fingerprint density at radius 2 is 1.66 bits per heavy atom. The summed E-state index contributed by atoms with van der Waals surface area (Å²) in [7, 11) is -3.90. The first kappa shape index (κ1) is 27.7. The number of aryl methyl sites for hydroxylation is 1. The summed E-state index contributed by atoms with van der Waals surface area (Å²) < 4.78 is 53.6. The molecule has 0 saturated carbocycles. The molecule has 9 heteroatoms. The van der Waals surface area contributed by atoms with Gasteiger partial charge in [-0.15, -0.1) is 0 Å². The fourth-order valence-corrected chi connectivity index (χ4v) is 6.03. The molecular formula is C26H34BrNO6S. The molecule has 0 saturated heterocycles. The van der Waals surface area contributed by atoms with Crippen LogP contribution in [0.4, 0.5) is 5.69 Å². The van der Waals surface area contributed by atoms with Crippen LogP contribution < -0.4 is 4.31 Å². The average molecular weight is 569 g/mol. The minimum absolute atomic E-state index is 0.0361. The van der Waals surface area contributed by atoms with Crippen LogP contribution in [0.2, 0.25) is 0 Å². The van der Waals surface area contributed by atoms with Gasteiger partial charge in [-0.2, -0.15) is 0 Å². The van der Waals surface area contributed by atoms with Gasteiger partial charge in [0.05, 0.1) is 30.0 Å². The number of benzene rings is 2. The van der Waals surface area contributed by atoms with Gasteiger partial charge >= 0.3 is 0 Å². The Hall–Kier alpha value is -1.91. The van der Waals surface area contributed by atoms with Crippen molar-refractivity contribution in [1.29, 1.82) is 0 Å². The van der Waals surface area contributed by atoms with Crippen LogP contribution in [0.25, 0.3) is 0 Å². The summed E-state index contributed by atoms with van der Waals surface area (Å²) in [5.74, 6) is 0. The van der Waals surface area contributed by atoms with Crippen molar-refractivity contribution in [3.63, 3.8) is 0 Å². The molecule has 2 aromatic rings. The zero-order valence-corrected chi connectivity index (χ0v) is 23.0. The van der Waals surface area contributed by atoms with E-state index in [4.69, 9.17) is 18.9 Å². The number of hydrogen-bond donors (Lipinski definition) is 0. The highest BCUT2D eigenvalue weighted by Gasteiger charge is 2.40. The number of halogens is 1. The average Bonchev–Trinajstić information content (AvgIpc) is 2.84. The molecule has 0 radical (unpaired) electrons. The summed E-state index contributed by atoms with van der Waals surface area (Å²) in [5, 5.41) is 0. The summed E-state index contributed by atoms with van der Waals surface area (Å²) in [6.45, 7) is 9.50. The van der Waals surface area contributed by atoms with Gasteiger partial charge in [-0.25, -0.2) is 8.42 Å². The third kappa shape index (κ3) is 6.65. The van der Waals surface area contributed by atoms with Crippen LogP contribution in [0, 0.1) is 6.92 Å². The Balaban J connectivity index is 2.04. The molecule has 0 aliphatic carbocycles. The predicted molar refractivity (Wildman–Crippen MR) is 140 cm³/mol. The Bertz CT molecular complexity index is 1090. The lowest BCUT2D eigenvalue weighted by Crippen LogP contribution is -2.50. The summed E-state index contributed by atoms with van der Waals surface area (Å²) >= 11 is 3.53. The first-order valence-electron chi connectivity index (χ1n) is 11.8. The van der Waals surface area contributed by atoms with Crippen molar-refractivity contribution in [3.05, 3.63) is 70.4 Å². The van der Waals surface area contributed by atoms with Crippen molar-refractivity contribution in [3.8, 4) is 0 Å². The number of ether oxygens (including phenoxy) is 4. The highest BCUT2D eigenvalue weighted by molar-refractivity contribution is 9.10. The van der Waals surface area contributed by atoms with E-state index in [0.717, 1.165) is 5.56 Å². The number of rotatable bonds is 12. The van der Waals surface area contributed by atoms with Gasteiger partial charge in [0.1, 0.15) is 18.3 Å². The van der Waals surface area contributed by atoms with Gasteiger partial charge in [0.15, 0.2) is 0 Å². The van der Waals surface area contributed by atoms with Crippen molar-refractivity contribution in [1.82, 2.24) is 0 Å². The molecule has 0 unspecified atom stereocenters. The van der Waals surface area contributed by atoms with Gasteiger partial charge in [0.25, 0.3) is 10.0 Å². The molecule has 35 heavy (non-hydrogen) atoms. The summed E-state index contributed by atoms with van der Waals surface area (Å²) in [6.07, 6.45) is 0.321. The van der Waals surface area contributed by atoms with Crippen LogP contribution in [-0.4, -0.2) is 59.7 Å². The lowest BCUT2D eigenvalue weighted by Gasteiger charge is -2.39. The highest BCUT2D eigenvalue weighted by Crippen LogP contribution is 2.34. The van der Waals surface area contributed by atoms with Crippen LogP contribution in [-0.2, 0) is 29.0 Å². The third-order valence-electron chi connectivity index (χ3n) is 5.67. The fraction of sp³-hybridized carbons (Fsp3) is 0.462. The Morgan fingerprint density at radius 3 is 2.29 bits per heavy atom. The fourth-order valence-electron chi connectivity index (χ4n) is 3.95. The van der Waals surface area contributed by atoms with Gasteiger partial charge in [-0.3, -0.25) is 4.31 Å². The molecule has 1 heterocycles. The zero-order valence-electron chi connectivity index (χ0n) is 20.6. The molecule has 2 aromatic carbocycles. The van der Waals surface area contributed by atoms with Crippen molar-refractivity contribution in [2.24, 2.45) is 0 Å². The SMILES string of the molecule is CCOC[C@H]1OC=C(CN(c2ccccc2Br)S(=O)(=O)c2ccc(C)cc2)[C@@H](OCC)[C@@H]1OCC. The molecule has 7 nitrogen and oxygen atoms in total. The van der Waals surface area contributed by atoms with Crippen molar-refractivity contribution in [2.45, 2.75) is 50.9 Å². The summed E-state index contributed by atoms with van der Waals surface area (Å²) in [5.41, 5.74) is 2.18. The lowest BCUT2D eigenvalue weighted by atomic mass is 9.98. The maximum atomic E-state index is 13.9.